The highest BCUT2D eigenvalue weighted by Crippen LogP contribution is 2.26. The van der Waals surface area contributed by atoms with Crippen LogP contribution in [0, 0.1) is 0 Å². The summed E-state index contributed by atoms with van der Waals surface area (Å²) in [7, 11) is 1.60. The number of hydrogen-bond donors (Lipinski definition) is 0. The third kappa shape index (κ3) is 2.03. The summed E-state index contributed by atoms with van der Waals surface area (Å²) >= 11 is 2.19. The molecule has 2 heterocycles. The molecule has 0 spiro atoms. The average Bonchev–Trinajstić information content (AvgIpc) is 2.59. The van der Waals surface area contributed by atoms with Crippen LogP contribution >= 0.6 is 30.3 Å². The number of nitrogens with zero attached hydrogens (tertiary/aromatic N) is 3. The molecule has 1 aromatic rings. The molecule has 0 aliphatic carbocycles. The molecule has 0 aromatic carbocycles. The van der Waals surface area contributed by atoms with Crippen LogP contribution in [0.3, 0.4) is 0 Å². The Kier molecular flexibility index (Phi) is 3.27. The van der Waals surface area contributed by atoms with Crippen LogP contribution in [0.15, 0.2) is 6.07 Å². The zero-order valence-electron chi connectivity index (χ0n) is 7.16. The van der Waals surface area contributed by atoms with Gasteiger partial charge in [-0.3, -0.25) is 4.68 Å². The maximum absolute atomic E-state index is 12.3. The first-order chi connectivity index (χ1) is 6.70. The van der Waals surface area contributed by atoms with E-state index in [9.17, 15) is 8.78 Å². The van der Waals surface area contributed by atoms with Crippen molar-refractivity contribution in [3.05, 3.63) is 17.5 Å². The van der Waals surface area contributed by atoms with E-state index in [0.29, 0.717) is 13.1 Å². The SMILES string of the molecule is FC(F)c1cc2n(n1)CCN(SI)C2. The first-order valence-corrected chi connectivity index (χ1v) is 7.40. The minimum absolute atomic E-state index is 0.111. The molecule has 0 amide bonds. The zero-order chi connectivity index (χ0) is 10.1. The lowest BCUT2D eigenvalue weighted by molar-refractivity contribution is 0.145. The molecule has 0 N–H and O–H groups in total. The van der Waals surface area contributed by atoms with Gasteiger partial charge in [-0.15, -0.1) is 0 Å². The Labute approximate surface area is 96.6 Å². The Morgan fingerprint density at radius 1 is 1.50 bits per heavy atom. The van der Waals surface area contributed by atoms with Crippen molar-refractivity contribution < 1.29 is 8.78 Å². The van der Waals surface area contributed by atoms with Gasteiger partial charge in [0.1, 0.15) is 5.69 Å². The van der Waals surface area contributed by atoms with Gasteiger partial charge in [-0.05, 0) is 15.2 Å². The van der Waals surface area contributed by atoms with E-state index in [2.05, 4.69) is 30.6 Å². The largest absolute Gasteiger partial charge is 0.282 e. The standard InChI is InChI=1S/C7H8F2IN3S/c8-7(9)6-3-5-4-12(14-10)1-2-13(5)11-6/h3,7H,1-2,4H2. The highest BCUT2D eigenvalue weighted by Gasteiger charge is 2.21. The van der Waals surface area contributed by atoms with E-state index >= 15 is 0 Å². The van der Waals surface area contributed by atoms with Gasteiger partial charge in [0.2, 0.25) is 0 Å². The number of halogens is 3. The lowest BCUT2D eigenvalue weighted by Gasteiger charge is -2.23. The Hall–Kier alpha value is 0.110. The minimum atomic E-state index is -2.46. The smallest absolute Gasteiger partial charge is 0.266 e. The van der Waals surface area contributed by atoms with Crippen LogP contribution in [-0.4, -0.2) is 20.6 Å². The molecule has 3 nitrogen and oxygen atoms in total. The fraction of sp³-hybridized carbons (Fsp3) is 0.571. The summed E-state index contributed by atoms with van der Waals surface area (Å²) in [6, 6.07) is 1.49. The Bertz CT molecular complexity index is 331. The monoisotopic (exact) mass is 331 g/mol. The quantitative estimate of drug-likeness (QED) is 0.614. The van der Waals surface area contributed by atoms with Gasteiger partial charge in [0.15, 0.2) is 0 Å². The van der Waals surface area contributed by atoms with E-state index in [-0.39, 0.29) is 5.69 Å². The van der Waals surface area contributed by atoms with Gasteiger partial charge >= 0.3 is 0 Å². The molecule has 1 aromatic heterocycles. The molecule has 78 valence electrons. The molecule has 0 atom stereocenters. The Morgan fingerprint density at radius 3 is 2.93 bits per heavy atom. The van der Waals surface area contributed by atoms with E-state index in [1.807, 2.05) is 0 Å². The number of hydrogen-bond acceptors (Lipinski definition) is 3. The summed E-state index contributed by atoms with van der Waals surface area (Å²) in [6.45, 7) is 2.23. The van der Waals surface area contributed by atoms with E-state index in [0.717, 1.165) is 12.2 Å². The van der Waals surface area contributed by atoms with E-state index in [1.54, 1.807) is 13.8 Å². The minimum Gasteiger partial charge on any atom is -0.266 e. The van der Waals surface area contributed by atoms with E-state index < -0.39 is 6.43 Å². The molecule has 0 bridgehead atoms. The third-order valence-electron chi connectivity index (χ3n) is 2.10. The number of aromatic nitrogens is 2. The van der Waals surface area contributed by atoms with Gasteiger partial charge in [0, 0.05) is 27.8 Å². The third-order valence-corrected chi connectivity index (χ3v) is 4.28. The number of rotatable bonds is 2. The molecule has 0 saturated carbocycles. The maximum atomic E-state index is 12.3. The Morgan fingerprint density at radius 2 is 2.29 bits per heavy atom. The normalized spacial score (nSPS) is 17.4. The second kappa shape index (κ2) is 4.31. The molecule has 0 fully saturated rings. The van der Waals surface area contributed by atoms with Gasteiger partial charge in [0.25, 0.3) is 6.43 Å². The molecular weight excluding hydrogens is 323 g/mol. The molecule has 1 aliphatic heterocycles. The number of fused-ring (bicyclic) bond motifs is 1. The van der Waals surface area contributed by atoms with Gasteiger partial charge in [0.05, 0.1) is 18.8 Å². The van der Waals surface area contributed by atoms with Crippen LogP contribution in [0.1, 0.15) is 17.8 Å². The maximum Gasteiger partial charge on any atom is 0.282 e. The number of alkyl halides is 2. The van der Waals surface area contributed by atoms with Crippen molar-refractivity contribution in [2.45, 2.75) is 19.5 Å². The van der Waals surface area contributed by atoms with Crippen LogP contribution in [0.4, 0.5) is 8.78 Å². The summed E-state index contributed by atoms with van der Waals surface area (Å²) < 4.78 is 28.5. The molecule has 7 heteroatoms. The fourth-order valence-corrected chi connectivity index (χ4v) is 2.77. The van der Waals surface area contributed by atoms with Crippen molar-refractivity contribution in [1.82, 2.24) is 14.1 Å². The van der Waals surface area contributed by atoms with Crippen molar-refractivity contribution >= 4 is 30.3 Å². The first kappa shape index (κ1) is 10.6. The van der Waals surface area contributed by atoms with Crippen LogP contribution < -0.4 is 0 Å². The molecule has 14 heavy (non-hydrogen) atoms. The molecule has 2 rings (SSSR count). The van der Waals surface area contributed by atoms with E-state index in [4.69, 9.17) is 0 Å². The lowest BCUT2D eigenvalue weighted by Crippen LogP contribution is -2.27. The second-order valence-electron chi connectivity index (χ2n) is 3.02. The summed E-state index contributed by atoms with van der Waals surface area (Å²) in [5.41, 5.74) is 0.760. The summed E-state index contributed by atoms with van der Waals surface area (Å²) in [6.07, 6.45) is -2.46. The van der Waals surface area contributed by atoms with Crippen molar-refractivity contribution in [3.63, 3.8) is 0 Å². The van der Waals surface area contributed by atoms with E-state index in [1.165, 1.54) is 6.07 Å². The molecule has 1 aliphatic rings. The molecule has 0 saturated heterocycles. The van der Waals surface area contributed by atoms with Gasteiger partial charge < -0.3 is 0 Å². The molecule has 0 radical (unpaired) electrons. The lowest BCUT2D eigenvalue weighted by atomic mass is 10.3. The van der Waals surface area contributed by atoms with Crippen LogP contribution in [-0.2, 0) is 13.1 Å². The van der Waals surface area contributed by atoms with Crippen LogP contribution in [0.5, 0.6) is 0 Å². The summed E-state index contributed by atoms with van der Waals surface area (Å²) in [4.78, 5) is 0. The van der Waals surface area contributed by atoms with Gasteiger partial charge in [-0.2, -0.15) is 5.10 Å². The topological polar surface area (TPSA) is 21.1 Å². The van der Waals surface area contributed by atoms with Crippen molar-refractivity contribution in [2.24, 2.45) is 0 Å². The van der Waals surface area contributed by atoms with Gasteiger partial charge in [-0.1, -0.05) is 0 Å². The fourth-order valence-electron chi connectivity index (χ4n) is 1.43. The summed E-state index contributed by atoms with van der Waals surface area (Å²) in [5, 5.41) is 3.85. The predicted molar refractivity (Wildman–Crippen MR) is 59.2 cm³/mol. The highest BCUT2D eigenvalue weighted by atomic mass is 127. The Balaban J connectivity index is 2.21. The zero-order valence-corrected chi connectivity index (χ0v) is 10.1. The second-order valence-corrected chi connectivity index (χ2v) is 4.85. The van der Waals surface area contributed by atoms with Crippen LogP contribution in [0.25, 0.3) is 0 Å². The first-order valence-electron chi connectivity index (χ1n) is 4.09. The van der Waals surface area contributed by atoms with Crippen molar-refractivity contribution in [1.29, 1.82) is 0 Å². The van der Waals surface area contributed by atoms with Crippen LogP contribution in [0.2, 0.25) is 0 Å². The van der Waals surface area contributed by atoms with Crippen molar-refractivity contribution in [3.8, 4) is 0 Å². The summed E-state index contributed by atoms with van der Waals surface area (Å²) in [5.74, 6) is 0. The molecular formula is C7H8F2IN3S. The molecule has 0 unspecified atom stereocenters. The highest BCUT2D eigenvalue weighted by molar-refractivity contribution is 14.2. The average molecular weight is 331 g/mol. The predicted octanol–water partition coefficient (Wildman–Crippen LogP) is 2.63. The van der Waals surface area contributed by atoms with Crippen molar-refractivity contribution in [2.75, 3.05) is 6.54 Å². The van der Waals surface area contributed by atoms with Gasteiger partial charge in [-0.25, -0.2) is 13.1 Å².